The summed E-state index contributed by atoms with van der Waals surface area (Å²) in [6.07, 6.45) is 1.89. The van der Waals surface area contributed by atoms with E-state index in [2.05, 4.69) is 11.5 Å². The highest BCUT2D eigenvalue weighted by atomic mass is 16.5. The molecule has 1 aromatic rings. The molecule has 1 aliphatic heterocycles. The molecule has 1 saturated heterocycles. The lowest BCUT2D eigenvalue weighted by Crippen LogP contribution is -2.52. The number of carbonyl (C=O) groups is 2. The number of benzene rings is 1. The van der Waals surface area contributed by atoms with Crippen molar-refractivity contribution in [3.63, 3.8) is 0 Å². The molecule has 1 aliphatic rings. The maximum atomic E-state index is 12.2. The van der Waals surface area contributed by atoms with Gasteiger partial charge in [0.1, 0.15) is 12.0 Å². The molecular formula is C17H21NO3. The van der Waals surface area contributed by atoms with Gasteiger partial charge in [-0.1, -0.05) is 43.0 Å². The fourth-order valence-corrected chi connectivity index (χ4v) is 2.60. The van der Waals surface area contributed by atoms with Crippen LogP contribution in [0.3, 0.4) is 0 Å². The van der Waals surface area contributed by atoms with Crippen molar-refractivity contribution in [2.45, 2.75) is 19.9 Å². The molecule has 1 aromatic carbocycles. The van der Waals surface area contributed by atoms with Gasteiger partial charge in [-0.2, -0.15) is 0 Å². The highest BCUT2D eigenvalue weighted by Crippen LogP contribution is 2.28. The first-order valence-electron chi connectivity index (χ1n) is 7.14. The Labute approximate surface area is 125 Å². The number of carbonyl (C=O) groups excluding carboxylic acids is 2. The number of hydrogen-bond donors (Lipinski definition) is 0. The van der Waals surface area contributed by atoms with Crippen LogP contribution >= 0.6 is 0 Å². The Morgan fingerprint density at radius 2 is 2.14 bits per heavy atom. The number of rotatable bonds is 5. The molecule has 1 fully saturated rings. The van der Waals surface area contributed by atoms with Gasteiger partial charge in [-0.05, 0) is 12.5 Å². The van der Waals surface area contributed by atoms with E-state index in [-0.39, 0.29) is 12.4 Å². The van der Waals surface area contributed by atoms with Gasteiger partial charge < -0.3 is 4.74 Å². The van der Waals surface area contributed by atoms with Gasteiger partial charge in [0.2, 0.25) is 0 Å². The van der Waals surface area contributed by atoms with Crippen molar-refractivity contribution in [2.75, 3.05) is 19.7 Å². The highest BCUT2D eigenvalue weighted by molar-refractivity contribution is 6.04. The smallest absolute Gasteiger partial charge is 0.320 e. The van der Waals surface area contributed by atoms with Crippen molar-refractivity contribution in [3.8, 4) is 0 Å². The van der Waals surface area contributed by atoms with Gasteiger partial charge in [0.25, 0.3) is 0 Å². The van der Waals surface area contributed by atoms with Gasteiger partial charge in [-0.15, -0.1) is 0 Å². The van der Waals surface area contributed by atoms with E-state index in [9.17, 15) is 9.59 Å². The number of piperidine rings is 1. The van der Waals surface area contributed by atoms with E-state index in [1.807, 2.05) is 30.3 Å². The third-order valence-electron chi connectivity index (χ3n) is 3.84. The van der Waals surface area contributed by atoms with Crippen LogP contribution in [-0.2, 0) is 20.9 Å². The lowest BCUT2D eigenvalue weighted by atomic mass is 9.80. The van der Waals surface area contributed by atoms with E-state index >= 15 is 0 Å². The Balaban J connectivity index is 2.06. The number of Topliss-reactive ketones (excluding diaryl/α,β-unsaturated/α-hetero) is 1. The lowest BCUT2D eigenvalue weighted by Gasteiger charge is -2.37. The number of ketones is 1. The monoisotopic (exact) mass is 287 g/mol. The predicted octanol–water partition coefficient (Wildman–Crippen LogP) is 2.20. The summed E-state index contributed by atoms with van der Waals surface area (Å²) in [6, 6.07) is 10.0. The molecule has 1 heterocycles. The zero-order valence-electron chi connectivity index (χ0n) is 12.4. The Kier molecular flexibility index (Phi) is 4.91. The molecule has 4 heteroatoms. The number of nitrogens with zero attached hydrogens (tertiary/aromatic N) is 1. The van der Waals surface area contributed by atoms with Crippen LogP contribution in [-0.4, -0.2) is 36.3 Å². The molecular weight excluding hydrogens is 266 g/mol. The van der Waals surface area contributed by atoms with E-state index in [0.717, 1.165) is 6.54 Å². The first kappa shape index (κ1) is 15.4. The first-order valence-corrected chi connectivity index (χ1v) is 7.14. The Hall–Kier alpha value is -1.94. The second kappa shape index (κ2) is 6.68. The van der Waals surface area contributed by atoms with Crippen LogP contribution in [0.25, 0.3) is 0 Å². The average Bonchev–Trinajstić information content (AvgIpc) is 2.49. The topological polar surface area (TPSA) is 46.6 Å². The second-order valence-corrected chi connectivity index (χ2v) is 5.59. The Bertz CT molecular complexity index is 526. The summed E-state index contributed by atoms with van der Waals surface area (Å²) in [5, 5.41) is 0. The molecule has 0 spiro atoms. The van der Waals surface area contributed by atoms with E-state index in [1.165, 1.54) is 11.6 Å². The van der Waals surface area contributed by atoms with Gasteiger partial charge in [0.15, 0.2) is 5.78 Å². The fraction of sp³-hybridized carbons (Fsp3) is 0.412. The predicted molar refractivity (Wildman–Crippen MR) is 80.6 cm³/mol. The van der Waals surface area contributed by atoms with Gasteiger partial charge >= 0.3 is 5.97 Å². The van der Waals surface area contributed by atoms with Crippen LogP contribution in [0.1, 0.15) is 18.9 Å². The minimum atomic E-state index is -1.07. The van der Waals surface area contributed by atoms with E-state index in [0.29, 0.717) is 19.5 Å². The minimum Gasteiger partial charge on any atom is -0.461 e. The van der Waals surface area contributed by atoms with E-state index < -0.39 is 11.4 Å². The highest BCUT2D eigenvalue weighted by Gasteiger charge is 2.46. The second-order valence-electron chi connectivity index (χ2n) is 5.59. The maximum Gasteiger partial charge on any atom is 0.320 e. The first-order chi connectivity index (χ1) is 10.1. The summed E-state index contributed by atoms with van der Waals surface area (Å²) in [7, 11) is 0. The van der Waals surface area contributed by atoms with E-state index in [4.69, 9.17) is 4.74 Å². The molecule has 0 radical (unpaired) electrons. The maximum absolute atomic E-state index is 12.2. The van der Waals surface area contributed by atoms with E-state index in [1.54, 1.807) is 6.92 Å². The van der Waals surface area contributed by atoms with Crippen molar-refractivity contribution in [3.05, 3.63) is 48.6 Å². The number of ether oxygens (including phenoxy) is 1. The minimum absolute atomic E-state index is 0.0409. The van der Waals surface area contributed by atoms with Crippen LogP contribution in [0.15, 0.2) is 43.0 Å². The number of likely N-dealkylation sites (tertiary alicyclic amines) is 1. The molecule has 4 nitrogen and oxygen atoms in total. The molecule has 0 bridgehead atoms. The SMILES string of the molecule is C=CCOC(=O)C1(C)CN(Cc2ccccc2)CCC1=O. The number of esters is 1. The molecule has 21 heavy (non-hydrogen) atoms. The summed E-state index contributed by atoms with van der Waals surface area (Å²) in [5.41, 5.74) is 0.101. The molecule has 0 saturated carbocycles. The van der Waals surface area contributed by atoms with Crippen molar-refractivity contribution < 1.29 is 14.3 Å². The summed E-state index contributed by atoms with van der Waals surface area (Å²) < 4.78 is 5.10. The molecule has 0 aliphatic carbocycles. The standard InChI is InChI=1S/C17H21NO3/c1-3-11-21-16(20)17(2)13-18(10-9-15(17)19)12-14-7-5-4-6-8-14/h3-8H,1,9-13H2,2H3. The summed E-state index contributed by atoms with van der Waals surface area (Å²) >= 11 is 0. The van der Waals surface area contributed by atoms with Gasteiger partial charge in [-0.25, -0.2) is 0 Å². The largest absolute Gasteiger partial charge is 0.461 e. The van der Waals surface area contributed by atoms with Gasteiger partial charge in [0.05, 0.1) is 0 Å². The Morgan fingerprint density at radius 1 is 1.43 bits per heavy atom. The molecule has 1 atom stereocenters. The fourth-order valence-electron chi connectivity index (χ4n) is 2.60. The van der Waals surface area contributed by atoms with Crippen molar-refractivity contribution in [2.24, 2.45) is 5.41 Å². The lowest BCUT2D eigenvalue weighted by molar-refractivity contribution is -0.162. The number of hydrogen-bond acceptors (Lipinski definition) is 4. The molecule has 1 unspecified atom stereocenters. The van der Waals surface area contributed by atoms with Crippen LogP contribution in [0.5, 0.6) is 0 Å². The van der Waals surface area contributed by atoms with Gasteiger partial charge in [0, 0.05) is 26.1 Å². The quantitative estimate of drug-likeness (QED) is 0.473. The van der Waals surface area contributed by atoms with Crippen molar-refractivity contribution >= 4 is 11.8 Å². The summed E-state index contributed by atoms with van der Waals surface area (Å²) in [6.45, 7) is 7.15. The molecule has 112 valence electrons. The average molecular weight is 287 g/mol. The summed E-state index contributed by atoms with van der Waals surface area (Å²) in [4.78, 5) is 26.5. The molecule has 0 N–H and O–H groups in total. The van der Waals surface area contributed by atoms with Crippen molar-refractivity contribution in [1.29, 1.82) is 0 Å². The molecule has 0 aromatic heterocycles. The van der Waals surface area contributed by atoms with Crippen molar-refractivity contribution in [1.82, 2.24) is 4.90 Å². The normalized spacial score (nSPS) is 22.8. The Morgan fingerprint density at radius 3 is 2.81 bits per heavy atom. The third-order valence-corrected chi connectivity index (χ3v) is 3.84. The third kappa shape index (κ3) is 3.58. The molecule has 2 rings (SSSR count). The zero-order valence-corrected chi connectivity index (χ0v) is 12.4. The van der Waals surface area contributed by atoms with Crippen LogP contribution in [0, 0.1) is 5.41 Å². The van der Waals surface area contributed by atoms with Crippen LogP contribution in [0.4, 0.5) is 0 Å². The molecule has 0 amide bonds. The zero-order chi connectivity index (χ0) is 15.3. The summed E-state index contributed by atoms with van der Waals surface area (Å²) in [5.74, 6) is -0.494. The van der Waals surface area contributed by atoms with Gasteiger partial charge in [-0.3, -0.25) is 14.5 Å². The van der Waals surface area contributed by atoms with Crippen LogP contribution < -0.4 is 0 Å². The van der Waals surface area contributed by atoms with Crippen LogP contribution in [0.2, 0.25) is 0 Å².